The highest BCUT2D eigenvalue weighted by Gasteiger charge is 2.29. The Morgan fingerprint density at radius 2 is 2.10 bits per heavy atom. The van der Waals surface area contributed by atoms with Gasteiger partial charge in [0, 0.05) is 19.3 Å². The van der Waals surface area contributed by atoms with Gasteiger partial charge in [-0.2, -0.15) is 0 Å². The third-order valence-corrected chi connectivity index (χ3v) is 3.85. The second-order valence-corrected chi connectivity index (χ2v) is 5.71. The molecule has 1 aliphatic carbocycles. The highest BCUT2D eigenvalue weighted by atomic mass is 35.5. The second kappa shape index (κ2) is 6.32. The summed E-state index contributed by atoms with van der Waals surface area (Å²) in [4.78, 5) is 24.4. The fourth-order valence-electron chi connectivity index (χ4n) is 2.31. The van der Waals surface area contributed by atoms with Gasteiger partial charge in [-0.1, -0.05) is 11.6 Å². The number of rotatable bonds is 4. The minimum atomic E-state index is -1.11. The van der Waals surface area contributed by atoms with E-state index in [4.69, 9.17) is 16.7 Å². The van der Waals surface area contributed by atoms with Gasteiger partial charge in [-0.25, -0.2) is 9.59 Å². The Morgan fingerprint density at radius 3 is 2.62 bits per heavy atom. The lowest BCUT2D eigenvalue weighted by Gasteiger charge is -2.34. The van der Waals surface area contributed by atoms with Crippen LogP contribution in [0.1, 0.15) is 23.2 Å². The highest BCUT2D eigenvalue weighted by molar-refractivity contribution is 6.33. The van der Waals surface area contributed by atoms with Crippen molar-refractivity contribution in [3.63, 3.8) is 0 Å². The topological polar surface area (TPSA) is 89.9 Å². The normalized spacial score (nSPS) is 20.5. The maximum absolute atomic E-state index is 12.0. The van der Waals surface area contributed by atoms with Gasteiger partial charge in [0.1, 0.15) is 0 Å². The first-order valence-electron chi connectivity index (χ1n) is 6.60. The molecule has 1 fully saturated rings. The molecular formula is C14H17ClN2O4. The molecule has 0 aliphatic heterocycles. The number of nitrogens with one attached hydrogen (secondary N) is 1. The number of urea groups is 1. The summed E-state index contributed by atoms with van der Waals surface area (Å²) >= 11 is 5.85. The van der Waals surface area contributed by atoms with Crippen molar-refractivity contribution in [2.75, 3.05) is 18.9 Å². The van der Waals surface area contributed by atoms with Crippen LogP contribution in [0.5, 0.6) is 0 Å². The van der Waals surface area contributed by atoms with Gasteiger partial charge in [-0.05, 0) is 37.0 Å². The zero-order valence-electron chi connectivity index (χ0n) is 11.5. The molecular weight excluding hydrogens is 296 g/mol. The van der Waals surface area contributed by atoms with Crippen LogP contribution in [-0.2, 0) is 0 Å². The van der Waals surface area contributed by atoms with Crippen molar-refractivity contribution in [3.8, 4) is 0 Å². The molecule has 1 aromatic carbocycles. The fraction of sp³-hybridized carbons (Fsp3) is 0.429. The SMILES string of the molecule is CN(CC1CC(O)C1)C(=O)Nc1ccc(C(=O)O)c(Cl)c1. The van der Waals surface area contributed by atoms with E-state index in [1.54, 1.807) is 7.05 Å². The van der Waals surface area contributed by atoms with Crippen molar-refractivity contribution in [2.24, 2.45) is 5.92 Å². The van der Waals surface area contributed by atoms with Crippen molar-refractivity contribution >= 4 is 29.3 Å². The van der Waals surface area contributed by atoms with Crippen molar-refractivity contribution in [3.05, 3.63) is 28.8 Å². The molecule has 0 atom stereocenters. The average Bonchev–Trinajstić information content (AvgIpc) is 2.36. The third-order valence-electron chi connectivity index (χ3n) is 3.54. The zero-order chi connectivity index (χ0) is 15.6. The summed E-state index contributed by atoms with van der Waals surface area (Å²) in [5, 5.41) is 20.8. The number of hydrogen-bond donors (Lipinski definition) is 3. The van der Waals surface area contributed by atoms with E-state index in [0.29, 0.717) is 18.2 Å². The van der Waals surface area contributed by atoms with E-state index < -0.39 is 5.97 Å². The molecule has 21 heavy (non-hydrogen) atoms. The Labute approximate surface area is 127 Å². The number of aliphatic hydroxyl groups excluding tert-OH is 1. The van der Waals surface area contributed by atoms with E-state index in [1.807, 2.05) is 0 Å². The Morgan fingerprint density at radius 1 is 1.43 bits per heavy atom. The molecule has 1 aromatic rings. The highest BCUT2D eigenvalue weighted by Crippen LogP contribution is 2.28. The van der Waals surface area contributed by atoms with Gasteiger partial charge in [-0.3, -0.25) is 0 Å². The van der Waals surface area contributed by atoms with E-state index in [1.165, 1.54) is 23.1 Å². The summed E-state index contributed by atoms with van der Waals surface area (Å²) in [6.07, 6.45) is 1.20. The average molecular weight is 313 g/mol. The van der Waals surface area contributed by atoms with Crippen molar-refractivity contribution < 1.29 is 19.8 Å². The lowest BCUT2D eigenvalue weighted by atomic mass is 9.82. The van der Waals surface area contributed by atoms with Gasteiger partial charge in [0.15, 0.2) is 0 Å². The van der Waals surface area contributed by atoms with Gasteiger partial charge < -0.3 is 20.4 Å². The van der Waals surface area contributed by atoms with E-state index in [0.717, 1.165) is 12.8 Å². The monoisotopic (exact) mass is 312 g/mol. The first-order valence-corrected chi connectivity index (χ1v) is 6.97. The Hall–Kier alpha value is -1.79. The maximum Gasteiger partial charge on any atom is 0.337 e. The van der Waals surface area contributed by atoms with Crippen LogP contribution in [0.4, 0.5) is 10.5 Å². The number of aromatic carboxylic acids is 1. The van der Waals surface area contributed by atoms with Gasteiger partial charge in [0.25, 0.3) is 0 Å². The molecule has 0 bridgehead atoms. The Bertz CT molecular complexity index is 558. The molecule has 0 aromatic heterocycles. The molecule has 0 heterocycles. The standard InChI is InChI=1S/C14H17ClN2O4/c1-17(7-8-4-10(18)5-8)14(21)16-9-2-3-11(13(19)20)12(15)6-9/h2-3,6,8,10,18H,4-5,7H2,1H3,(H,16,21)(H,19,20). The van der Waals surface area contributed by atoms with Crippen molar-refractivity contribution in [1.29, 1.82) is 0 Å². The van der Waals surface area contributed by atoms with E-state index in [-0.39, 0.29) is 22.7 Å². The summed E-state index contributed by atoms with van der Waals surface area (Å²) in [6.45, 7) is 0.573. The van der Waals surface area contributed by atoms with Crippen LogP contribution in [0.2, 0.25) is 5.02 Å². The molecule has 3 N–H and O–H groups in total. The first-order chi connectivity index (χ1) is 9.86. The number of carboxylic acid groups (broad SMARTS) is 1. The minimum absolute atomic E-state index is 0.00789. The van der Waals surface area contributed by atoms with Crippen molar-refractivity contribution in [1.82, 2.24) is 4.90 Å². The molecule has 1 saturated carbocycles. The number of hydrogen-bond acceptors (Lipinski definition) is 3. The third kappa shape index (κ3) is 3.86. The molecule has 6 nitrogen and oxygen atoms in total. The summed E-state index contributed by atoms with van der Waals surface area (Å²) in [5.41, 5.74) is 0.432. The molecule has 2 amide bonds. The van der Waals surface area contributed by atoms with Crippen LogP contribution in [-0.4, -0.2) is 46.8 Å². The van der Waals surface area contributed by atoms with Gasteiger partial charge in [0.2, 0.25) is 0 Å². The van der Waals surface area contributed by atoms with E-state index >= 15 is 0 Å². The lowest BCUT2D eigenvalue weighted by Crippen LogP contribution is -2.41. The number of carboxylic acids is 1. The predicted molar refractivity (Wildman–Crippen MR) is 78.8 cm³/mol. The van der Waals surface area contributed by atoms with Crippen molar-refractivity contribution in [2.45, 2.75) is 18.9 Å². The van der Waals surface area contributed by atoms with Crippen LogP contribution in [0, 0.1) is 5.92 Å². The number of aliphatic hydroxyl groups is 1. The van der Waals surface area contributed by atoms with Gasteiger partial charge in [-0.15, -0.1) is 0 Å². The summed E-state index contributed by atoms with van der Waals surface area (Å²) < 4.78 is 0. The number of carbonyl (C=O) groups is 2. The number of amides is 2. The number of anilines is 1. The molecule has 0 spiro atoms. The molecule has 1 aliphatic rings. The van der Waals surface area contributed by atoms with Crippen LogP contribution in [0.25, 0.3) is 0 Å². The number of benzene rings is 1. The lowest BCUT2D eigenvalue weighted by molar-refractivity contribution is 0.0332. The minimum Gasteiger partial charge on any atom is -0.478 e. The summed E-state index contributed by atoms with van der Waals surface area (Å²) in [5.74, 6) is -0.785. The largest absolute Gasteiger partial charge is 0.478 e. The molecule has 2 rings (SSSR count). The second-order valence-electron chi connectivity index (χ2n) is 5.30. The van der Waals surface area contributed by atoms with Gasteiger partial charge >= 0.3 is 12.0 Å². The fourth-order valence-corrected chi connectivity index (χ4v) is 2.57. The maximum atomic E-state index is 12.0. The summed E-state index contributed by atoms with van der Waals surface area (Å²) in [7, 11) is 1.67. The number of nitrogens with zero attached hydrogens (tertiary/aromatic N) is 1. The Balaban J connectivity index is 1.92. The predicted octanol–water partition coefficient (Wildman–Crippen LogP) is 2.27. The molecule has 0 saturated heterocycles. The zero-order valence-corrected chi connectivity index (χ0v) is 12.3. The van der Waals surface area contributed by atoms with Crippen LogP contribution in [0.3, 0.4) is 0 Å². The van der Waals surface area contributed by atoms with Crippen LogP contribution < -0.4 is 5.32 Å². The number of halogens is 1. The molecule has 0 unspecified atom stereocenters. The summed E-state index contributed by atoms with van der Waals surface area (Å²) in [6, 6.07) is 3.95. The quantitative estimate of drug-likeness (QED) is 0.795. The smallest absolute Gasteiger partial charge is 0.337 e. The molecule has 0 radical (unpaired) electrons. The van der Waals surface area contributed by atoms with E-state index in [2.05, 4.69) is 5.32 Å². The van der Waals surface area contributed by atoms with Gasteiger partial charge in [0.05, 0.1) is 16.7 Å². The van der Waals surface area contributed by atoms with Crippen LogP contribution >= 0.6 is 11.6 Å². The van der Waals surface area contributed by atoms with Crippen LogP contribution in [0.15, 0.2) is 18.2 Å². The first kappa shape index (κ1) is 15.6. The molecule has 114 valence electrons. The van der Waals surface area contributed by atoms with E-state index in [9.17, 15) is 14.7 Å². The molecule has 7 heteroatoms. The Kier molecular flexibility index (Phi) is 4.69. The number of carbonyl (C=O) groups excluding carboxylic acids is 1.